The number of benzene rings is 2. The summed E-state index contributed by atoms with van der Waals surface area (Å²) >= 11 is 6.16. The molecule has 39 heavy (non-hydrogen) atoms. The standard InChI is InChI=1S/C31H35ClN4O3/c1-22-9-7-12-26(21-22)36(29(38)15-8-14-28(37)35-27-13-5-6-20-33-27)30(23-16-18-24(32)19-17-23)31(39)34-25-10-3-2-4-11-25/h5-7,9,12-13,16-21,25,30H,2-4,8,10-11,14-15H2,1H3,(H,34,39)(H,33,35,37)/t30-/m1/s1. The van der Waals surface area contributed by atoms with E-state index in [0.29, 0.717) is 28.5 Å². The third-order valence-corrected chi connectivity index (χ3v) is 7.17. The van der Waals surface area contributed by atoms with E-state index in [9.17, 15) is 14.4 Å². The normalized spacial score (nSPS) is 14.3. The van der Waals surface area contributed by atoms with Crippen LogP contribution in [0.3, 0.4) is 0 Å². The molecular formula is C31H35ClN4O3. The number of nitrogens with one attached hydrogen (secondary N) is 2. The quantitative estimate of drug-likeness (QED) is 0.309. The first-order valence-corrected chi connectivity index (χ1v) is 13.9. The minimum Gasteiger partial charge on any atom is -0.351 e. The van der Waals surface area contributed by atoms with Crippen molar-refractivity contribution in [2.24, 2.45) is 0 Å². The molecule has 2 N–H and O–H groups in total. The van der Waals surface area contributed by atoms with Crippen LogP contribution >= 0.6 is 11.6 Å². The molecule has 2 aromatic carbocycles. The average molecular weight is 547 g/mol. The summed E-state index contributed by atoms with van der Waals surface area (Å²) in [6.45, 7) is 1.95. The van der Waals surface area contributed by atoms with Gasteiger partial charge in [-0.3, -0.25) is 19.3 Å². The number of carbonyl (C=O) groups excluding carboxylic acids is 3. The van der Waals surface area contributed by atoms with Crippen molar-refractivity contribution in [3.63, 3.8) is 0 Å². The molecule has 0 spiro atoms. The van der Waals surface area contributed by atoms with Crippen molar-refractivity contribution in [1.82, 2.24) is 10.3 Å². The highest BCUT2D eigenvalue weighted by Crippen LogP contribution is 2.31. The van der Waals surface area contributed by atoms with Crippen LogP contribution in [0.15, 0.2) is 72.9 Å². The lowest BCUT2D eigenvalue weighted by molar-refractivity contribution is -0.127. The minimum absolute atomic E-state index is 0.0887. The molecule has 0 aliphatic heterocycles. The third-order valence-electron chi connectivity index (χ3n) is 6.92. The highest BCUT2D eigenvalue weighted by atomic mass is 35.5. The van der Waals surface area contributed by atoms with Crippen LogP contribution in [0.1, 0.15) is 68.5 Å². The van der Waals surface area contributed by atoms with Crippen molar-refractivity contribution >= 4 is 40.8 Å². The van der Waals surface area contributed by atoms with Crippen LogP contribution in [0.5, 0.6) is 0 Å². The summed E-state index contributed by atoms with van der Waals surface area (Å²) in [6, 6.07) is 19.1. The van der Waals surface area contributed by atoms with Crippen molar-refractivity contribution in [2.45, 2.75) is 70.4 Å². The van der Waals surface area contributed by atoms with Gasteiger partial charge in [0.25, 0.3) is 0 Å². The molecule has 0 radical (unpaired) electrons. The van der Waals surface area contributed by atoms with E-state index in [1.54, 1.807) is 53.6 Å². The predicted octanol–water partition coefficient (Wildman–Crippen LogP) is 6.38. The largest absolute Gasteiger partial charge is 0.351 e. The molecule has 3 aromatic rings. The number of rotatable bonds is 10. The summed E-state index contributed by atoms with van der Waals surface area (Å²) < 4.78 is 0. The van der Waals surface area contributed by atoms with Crippen LogP contribution in [0, 0.1) is 6.92 Å². The van der Waals surface area contributed by atoms with E-state index in [1.807, 2.05) is 31.2 Å². The molecule has 7 nitrogen and oxygen atoms in total. The van der Waals surface area contributed by atoms with E-state index in [2.05, 4.69) is 15.6 Å². The fraction of sp³-hybridized carbons (Fsp3) is 0.355. The number of hydrogen-bond acceptors (Lipinski definition) is 4. The molecule has 0 bridgehead atoms. The topological polar surface area (TPSA) is 91.4 Å². The minimum atomic E-state index is -0.874. The number of pyridine rings is 1. The molecule has 0 unspecified atom stereocenters. The Hall–Kier alpha value is -3.71. The number of nitrogens with zero attached hydrogens (tertiary/aromatic N) is 2. The predicted molar refractivity (Wildman–Crippen MR) is 155 cm³/mol. The van der Waals surface area contributed by atoms with Crippen LogP contribution in [0.2, 0.25) is 5.02 Å². The molecule has 1 atom stereocenters. The Morgan fingerprint density at radius 3 is 2.44 bits per heavy atom. The SMILES string of the molecule is Cc1cccc(N(C(=O)CCCC(=O)Nc2ccccn2)[C@@H](C(=O)NC2CCCCC2)c2ccc(Cl)cc2)c1. The fourth-order valence-electron chi connectivity index (χ4n) is 4.97. The first kappa shape index (κ1) is 28.3. The van der Waals surface area contributed by atoms with Crippen LogP contribution in [0.4, 0.5) is 11.5 Å². The number of hydrogen-bond donors (Lipinski definition) is 2. The van der Waals surface area contributed by atoms with Crippen LogP contribution < -0.4 is 15.5 Å². The fourth-order valence-corrected chi connectivity index (χ4v) is 5.09. The number of halogens is 1. The van der Waals surface area contributed by atoms with Gasteiger partial charge in [-0.15, -0.1) is 0 Å². The van der Waals surface area contributed by atoms with E-state index in [4.69, 9.17) is 11.6 Å². The smallest absolute Gasteiger partial charge is 0.248 e. The summed E-state index contributed by atoms with van der Waals surface area (Å²) in [6.07, 6.45) is 7.40. The molecule has 0 saturated heterocycles. The molecule has 1 aliphatic carbocycles. The monoisotopic (exact) mass is 546 g/mol. The van der Waals surface area contributed by atoms with Crippen LogP contribution in [0.25, 0.3) is 0 Å². The van der Waals surface area contributed by atoms with Crippen molar-refractivity contribution in [3.05, 3.63) is 89.1 Å². The summed E-state index contributed by atoms with van der Waals surface area (Å²) in [7, 11) is 0. The summed E-state index contributed by atoms with van der Waals surface area (Å²) in [5.41, 5.74) is 2.29. The zero-order chi connectivity index (χ0) is 27.6. The lowest BCUT2D eigenvalue weighted by atomic mass is 9.94. The van der Waals surface area contributed by atoms with Crippen LogP contribution in [-0.2, 0) is 14.4 Å². The molecule has 1 aliphatic rings. The zero-order valence-electron chi connectivity index (χ0n) is 22.2. The van der Waals surface area contributed by atoms with E-state index >= 15 is 0 Å². The van der Waals surface area contributed by atoms with Gasteiger partial charge in [-0.2, -0.15) is 0 Å². The van der Waals surface area contributed by atoms with Crippen molar-refractivity contribution in [1.29, 1.82) is 0 Å². The highest BCUT2D eigenvalue weighted by molar-refractivity contribution is 6.30. The molecule has 1 heterocycles. The van der Waals surface area contributed by atoms with Gasteiger partial charge in [-0.05, 0) is 73.7 Å². The Labute approximate surface area is 235 Å². The van der Waals surface area contributed by atoms with Gasteiger partial charge in [0, 0.05) is 35.8 Å². The van der Waals surface area contributed by atoms with E-state index < -0.39 is 6.04 Å². The van der Waals surface area contributed by atoms with Crippen molar-refractivity contribution in [3.8, 4) is 0 Å². The lowest BCUT2D eigenvalue weighted by Gasteiger charge is -2.34. The maximum atomic E-state index is 13.9. The zero-order valence-corrected chi connectivity index (χ0v) is 23.0. The summed E-state index contributed by atoms with van der Waals surface area (Å²) in [4.78, 5) is 45.9. The second kappa shape index (κ2) is 13.9. The second-order valence-electron chi connectivity index (χ2n) is 10.0. The number of amides is 3. The van der Waals surface area contributed by atoms with Gasteiger partial charge in [0.05, 0.1) is 0 Å². The van der Waals surface area contributed by atoms with Gasteiger partial charge in [0.1, 0.15) is 11.9 Å². The molecule has 3 amide bonds. The Kier molecular flexibility index (Phi) is 10.1. The second-order valence-corrected chi connectivity index (χ2v) is 10.5. The highest BCUT2D eigenvalue weighted by Gasteiger charge is 2.34. The maximum absolute atomic E-state index is 13.9. The average Bonchev–Trinajstić information content (AvgIpc) is 2.93. The van der Waals surface area contributed by atoms with Gasteiger partial charge < -0.3 is 10.6 Å². The molecule has 204 valence electrons. The summed E-state index contributed by atoms with van der Waals surface area (Å²) in [5.74, 6) is -0.192. The van der Waals surface area contributed by atoms with E-state index in [1.165, 1.54) is 6.42 Å². The molecule has 1 fully saturated rings. The number of carbonyl (C=O) groups is 3. The Balaban J connectivity index is 1.57. The molecule has 4 rings (SSSR count). The van der Waals surface area contributed by atoms with E-state index in [-0.39, 0.29) is 36.6 Å². The van der Waals surface area contributed by atoms with Crippen molar-refractivity contribution < 1.29 is 14.4 Å². The van der Waals surface area contributed by atoms with Gasteiger partial charge in [-0.1, -0.05) is 61.2 Å². The number of anilines is 2. The Morgan fingerprint density at radius 1 is 0.974 bits per heavy atom. The van der Waals surface area contributed by atoms with E-state index in [0.717, 1.165) is 31.2 Å². The first-order chi connectivity index (χ1) is 18.9. The molecule has 1 aromatic heterocycles. The Bertz CT molecular complexity index is 1260. The lowest BCUT2D eigenvalue weighted by Crippen LogP contribution is -2.47. The summed E-state index contributed by atoms with van der Waals surface area (Å²) in [5, 5.41) is 6.52. The molecular weight excluding hydrogens is 512 g/mol. The number of aryl methyl sites for hydroxylation is 1. The maximum Gasteiger partial charge on any atom is 0.248 e. The van der Waals surface area contributed by atoms with Crippen molar-refractivity contribution in [2.75, 3.05) is 10.2 Å². The van der Waals surface area contributed by atoms with Crippen LogP contribution in [-0.4, -0.2) is 28.7 Å². The first-order valence-electron chi connectivity index (χ1n) is 13.6. The Morgan fingerprint density at radius 2 is 1.74 bits per heavy atom. The van der Waals surface area contributed by atoms with Gasteiger partial charge in [0.15, 0.2) is 0 Å². The third kappa shape index (κ3) is 8.14. The molecule has 1 saturated carbocycles. The van der Waals surface area contributed by atoms with Gasteiger partial charge in [0.2, 0.25) is 17.7 Å². The van der Waals surface area contributed by atoms with Gasteiger partial charge >= 0.3 is 0 Å². The number of aromatic nitrogens is 1. The van der Waals surface area contributed by atoms with Gasteiger partial charge in [-0.25, -0.2) is 4.98 Å². The molecule has 8 heteroatoms.